The van der Waals surface area contributed by atoms with Gasteiger partial charge in [0.1, 0.15) is 0 Å². The second kappa shape index (κ2) is 15.2. The van der Waals surface area contributed by atoms with Gasteiger partial charge in [-0.2, -0.15) is 0 Å². The first kappa shape index (κ1) is 36.3. The van der Waals surface area contributed by atoms with Crippen LogP contribution in [-0.2, 0) is 6.42 Å². The maximum absolute atomic E-state index is 5.37. The Labute approximate surface area is 364 Å². The van der Waals surface area contributed by atoms with Crippen LogP contribution in [0.5, 0.6) is 0 Å². The highest BCUT2D eigenvalue weighted by molar-refractivity contribution is 7.25. The van der Waals surface area contributed by atoms with E-state index in [1.165, 1.54) is 58.8 Å². The maximum Gasteiger partial charge on any atom is 0.164 e. The Hall–Kier alpha value is -7.53. The molecule has 1 atom stereocenters. The van der Waals surface area contributed by atoms with E-state index in [-0.39, 0.29) is 5.92 Å². The molecule has 0 fully saturated rings. The molecule has 0 saturated heterocycles. The minimum atomic E-state index is 0.146. The summed E-state index contributed by atoms with van der Waals surface area (Å²) in [6.45, 7) is 0. The molecule has 3 nitrogen and oxygen atoms in total. The fourth-order valence-corrected chi connectivity index (χ4v) is 10.7. The monoisotopic (exact) mass is 809 g/mol. The topological polar surface area (TPSA) is 38.7 Å². The highest BCUT2D eigenvalue weighted by Gasteiger charge is 2.28. The molecule has 1 aliphatic rings. The van der Waals surface area contributed by atoms with Gasteiger partial charge in [0.15, 0.2) is 17.5 Å². The molecule has 1 aliphatic carbocycles. The lowest BCUT2D eigenvalue weighted by molar-refractivity contribution is 0.731. The summed E-state index contributed by atoms with van der Waals surface area (Å²) >= 11 is 1.85. The van der Waals surface area contributed by atoms with E-state index in [0.29, 0.717) is 17.5 Å². The number of hydrogen-bond acceptors (Lipinski definition) is 4. The number of thiophene rings is 1. The van der Waals surface area contributed by atoms with Crippen molar-refractivity contribution in [3.05, 3.63) is 223 Å². The van der Waals surface area contributed by atoms with Gasteiger partial charge in [-0.15, -0.1) is 11.3 Å². The molecule has 0 amide bonds. The zero-order valence-electron chi connectivity index (χ0n) is 33.9. The van der Waals surface area contributed by atoms with Gasteiger partial charge in [0.2, 0.25) is 0 Å². The van der Waals surface area contributed by atoms with Gasteiger partial charge in [0.25, 0.3) is 0 Å². The van der Waals surface area contributed by atoms with Crippen LogP contribution in [0, 0.1) is 0 Å². The minimum absolute atomic E-state index is 0.146. The molecule has 12 rings (SSSR count). The molecule has 0 saturated carbocycles. The third kappa shape index (κ3) is 6.48. The zero-order valence-corrected chi connectivity index (χ0v) is 34.7. The fraction of sp³-hybridized carbons (Fsp3) is 0.0517. The molecule has 0 bridgehead atoms. The van der Waals surface area contributed by atoms with Crippen molar-refractivity contribution in [1.29, 1.82) is 0 Å². The number of hydrogen-bond donors (Lipinski definition) is 0. The highest BCUT2D eigenvalue weighted by atomic mass is 32.1. The third-order valence-corrected chi connectivity index (χ3v) is 13.7. The molecule has 4 heteroatoms. The van der Waals surface area contributed by atoms with Crippen molar-refractivity contribution < 1.29 is 0 Å². The van der Waals surface area contributed by atoms with Crippen molar-refractivity contribution in [3.63, 3.8) is 0 Å². The molecule has 11 aromatic rings. The van der Waals surface area contributed by atoms with E-state index < -0.39 is 0 Å². The summed E-state index contributed by atoms with van der Waals surface area (Å²) in [5.74, 6) is 2.10. The zero-order chi connectivity index (χ0) is 41.0. The Morgan fingerprint density at radius 2 is 0.919 bits per heavy atom. The summed E-state index contributed by atoms with van der Waals surface area (Å²) in [4.78, 5) is 16.0. The summed E-state index contributed by atoms with van der Waals surface area (Å²) in [7, 11) is 0. The highest BCUT2D eigenvalue weighted by Crippen LogP contribution is 2.48. The van der Waals surface area contributed by atoms with E-state index in [1.807, 2.05) is 11.3 Å². The van der Waals surface area contributed by atoms with Crippen LogP contribution in [0.1, 0.15) is 29.0 Å². The van der Waals surface area contributed by atoms with Crippen LogP contribution in [0.25, 0.3) is 98.5 Å². The molecule has 2 heterocycles. The summed E-state index contributed by atoms with van der Waals surface area (Å²) in [6.07, 6.45) is 1.96. The number of aromatic nitrogens is 3. The number of fused-ring (bicyclic) bond motifs is 7. The second-order valence-corrected chi connectivity index (χ2v) is 17.4. The average Bonchev–Trinajstić information content (AvgIpc) is 3.65. The van der Waals surface area contributed by atoms with Crippen molar-refractivity contribution in [2.75, 3.05) is 0 Å². The van der Waals surface area contributed by atoms with E-state index in [2.05, 4.69) is 206 Å². The largest absolute Gasteiger partial charge is 0.208 e. The lowest BCUT2D eigenvalue weighted by Crippen LogP contribution is -2.05. The molecule has 0 radical (unpaired) electrons. The van der Waals surface area contributed by atoms with Gasteiger partial charge < -0.3 is 0 Å². The first-order valence-electron chi connectivity index (χ1n) is 21.3. The van der Waals surface area contributed by atoms with Crippen LogP contribution in [0.4, 0.5) is 0 Å². The first-order valence-corrected chi connectivity index (χ1v) is 22.2. The number of nitrogens with zero attached hydrogens (tertiary/aromatic N) is 3. The Balaban J connectivity index is 1.08. The molecule has 0 N–H and O–H groups in total. The SMILES string of the molecule is c1ccc(-c2cccc(-c3nc(-c4cccc(-c5ccccc5)c4)nc(-c4cc(C5CCc6cc7ccccc7cc6-c6ccccc65)c5c(c4)sc4ccccc45)n3)c2)cc1. The fourth-order valence-electron chi connectivity index (χ4n) is 9.56. The maximum atomic E-state index is 5.37. The van der Waals surface area contributed by atoms with Crippen molar-refractivity contribution in [3.8, 4) is 67.5 Å². The molecular formula is C58H39N3S. The molecule has 9 aromatic carbocycles. The summed E-state index contributed by atoms with van der Waals surface area (Å²) in [5, 5.41) is 5.19. The Morgan fingerprint density at radius 3 is 1.61 bits per heavy atom. The summed E-state index contributed by atoms with van der Waals surface area (Å²) in [5.41, 5.74) is 14.2. The van der Waals surface area contributed by atoms with Crippen molar-refractivity contribution >= 4 is 42.3 Å². The lowest BCUT2D eigenvalue weighted by atomic mass is 9.83. The van der Waals surface area contributed by atoms with Crippen molar-refractivity contribution in [2.24, 2.45) is 0 Å². The molecule has 0 aliphatic heterocycles. The predicted octanol–water partition coefficient (Wildman–Crippen LogP) is 15.5. The predicted molar refractivity (Wildman–Crippen MR) is 259 cm³/mol. The quantitative estimate of drug-likeness (QED) is 0.168. The van der Waals surface area contributed by atoms with Crippen LogP contribution >= 0.6 is 11.3 Å². The molecule has 62 heavy (non-hydrogen) atoms. The second-order valence-electron chi connectivity index (χ2n) is 16.3. The van der Waals surface area contributed by atoms with E-state index >= 15 is 0 Å². The van der Waals surface area contributed by atoms with Gasteiger partial charge in [-0.3, -0.25) is 0 Å². The molecular weight excluding hydrogens is 771 g/mol. The molecule has 292 valence electrons. The van der Waals surface area contributed by atoms with Gasteiger partial charge in [-0.1, -0.05) is 170 Å². The third-order valence-electron chi connectivity index (χ3n) is 12.5. The minimum Gasteiger partial charge on any atom is -0.208 e. The Morgan fingerprint density at radius 1 is 0.371 bits per heavy atom. The number of benzene rings is 9. The first-order chi connectivity index (χ1) is 30.7. The van der Waals surface area contributed by atoms with Gasteiger partial charge in [-0.05, 0) is 110 Å². The van der Waals surface area contributed by atoms with Gasteiger partial charge >= 0.3 is 0 Å². The molecule has 2 aromatic heterocycles. The summed E-state index contributed by atoms with van der Waals surface area (Å²) < 4.78 is 2.52. The smallest absolute Gasteiger partial charge is 0.164 e. The normalized spacial score (nSPS) is 13.5. The van der Waals surface area contributed by atoms with E-state index in [9.17, 15) is 0 Å². The van der Waals surface area contributed by atoms with Gasteiger partial charge in [0.05, 0.1) is 0 Å². The van der Waals surface area contributed by atoms with Crippen LogP contribution in [0.2, 0.25) is 0 Å². The van der Waals surface area contributed by atoms with Crippen LogP contribution in [0.3, 0.4) is 0 Å². The Bertz CT molecular complexity index is 3380. The average molecular weight is 810 g/mol. The standard InChI is InChI=1S/C58H39N3S/c1-3-15-37(16-4-1)39-21-13-23-44(32-39)56-59-57(45-24-14-22-40(33-45)38-17-5-2-6-18-38)61-58(60-56)46-35-52(55-50-27-11-12-28-53(50)62-54(55)36-46)49-30-29-43-31-41-19-7-8-20-42(41)34-51(43)48-26-10-9-25-47(48)49/h1-28,31-36,49H,29-30H2. The Kier molecular flexibility index (Phi) is 8.90. The van der Waals surface area contributed by atoms with E-state index in [4.69, 9.17) is 15.0 Å². The number of rotatable bonds is 6. The summed E-state index contributed by atoms with van der Waals surface area (Å²) in [6, 6.07) is 74.4. The van der Waals surface area contributed by atoms with Gasteiger partial charge in [-0.25, -0.2) is 15.0 Å². The van der Waals surface area contributed by atoms with Crippen LogP contribution in [0.15, 0.2) is 206 Å². The lowest BCUT2D eigenvalue weighted by Gasteiger charge is -2.21. The van der Waals surface area contributed by atoms with Crippen LogP contribution < -0.4 is 0 Å². The van der Waals surface area contributed by atoms with Crippen molar-refractivity contribution in [1.82, 2.24) is 15.0 Å². The van der Waals surface area contributed by atoms with E-state index in [1.54, 1.807) is 0 Å². The van der Waals surface area contributed by atoms with E-state index in [0.717, 1.165) is 51.8 Å². The number of aryl methyl sites for hydroxylation is 1. The van der Waals surface area contributed by atoms with Crippen LogP contribution in [-0.4, -0.2) is 15.0 Å². The van der Waals surface area contributed by atoms with Gasteiger partial charge in [0, 0.05) is 42.8 Å². The molecule has 0 spiro atoms. The molecule has 1 unspecified atom stereocenters. The van der Waals surface area contributed by atoms with Crippen molar-refractivity contribution in [2.45, 2.75) is 18.8 Å².